The highest BCUT2D eigenvalue weighted by molar-refractivity contribution is 6.33. The van der Waals surface area contributed by atoms with Gasteiger partial charge in [0.1, 0.15) is 5.76 Å². The average Bonchev–Trinajstić information content (AvgIpc) is 3.79. The summed E-state index contributed by atoms with van der Waals surface area (Å²) in [5.74, 6) is -0.544. The SMILES string of the molecule is CC(C)NC(=O)N(Cc1cccc2ccccc12)C[C@]1(O)CC[C@H]2[C@]34C=C[C@@]5(C=C3C(=O)c3ccc(-c6cc(C(F)(F)F)ccc6Cl)o3)CC(O)CC[C@]5(C)[C@H]4CC[C@@]21C. The van der Waals surface area contributed by atoms with Crippen LogP contribution in [0, 0.1) is 33.5 Å². The number of halogens is 4. The molecular weight excluding hydrogens is 789 g/mol. The van der Waals surface area contributed by atoms with Crippen molar-refractivity contribution in [3.05, 3.63) is 119 Å². The van der Waals surface area contributed by atoms with Gasteiger partial charge in [-0.3, -0.25) is 4.79 Å². The third-order valence-corrected chi connectivity index (χ3v) is 16.1. The van der Waals surface area contributed by atoms with Crippen LogP contribution in [0.3, 0.4) is 0 Å². The molecule has 2 bridgehead atoms. The zero-order valence-corrected chi connectivity index (χ0v) is 35.2. The zero-order chi connectivity index (χ0) is 42.6. The molecule has 1 aromatic heterocycles. The van der Waals surface area contributed by atoms with Crippen molar-refractivity contribution >= 4 is 34.2 Å². The zero-order valence-electron chi connectivity index (χ0n) is 34.4. The van der Waals surface area contributed by atoms with Gasteiger partial charge in [-0.05, 0) is 123 Å². The average molecular weight is 841 g/mol. The number of benzene rings is 3. The monoisotopic (exact) mass is 840 g/mol. The molecule has 3 fully saturated rings. The topological polar surface area (TPSA) is 103 Å². The molecule has 3 aromatic carbocycles. The molecule has 1 unspecified atom stereocenters. The van der Waals surface area contributed by atoms with E-state index in [0.29, 0.717) is 50.6 Å². The highest BCUT2D eigenvalue weighted by Gasteiger charge is 2.74. The van der Waals surface area contributed by atoms with Crippen molar-refractivity contribution in [1.29, 1.82) is 0 Å². The van der Waals surface area contributed by atoms with Crippen molar-refractivity contribution in [1.82, 2.24) is 10.2 Å². The van der Waals surface area contributed by atoms with Gasteiger partial charge in [0.15, 0.2) is 5.76 Å². The quantitative estimate of drug-likeness (QED) is 0.121. The largest absolute Gasteiger partial charge is 0.453 e. The summed E-state index contributed by atoms with van der Waals surface area (Å²) in [4.78, 5) is 31.0. The van der Waals surface area contributed by atoms with Crippen LogP contribution in [0.15, 0.2) is 101 Å². The minimum Gasteiger partial charge on any atom is -0.453 e. The molecule has 1 heterocycles. The summed E-state index contributed by atoms with van der Waals surface area (Å²) in [5, 5.41) is 29.6. The van der Waals surface area contributed by atoms with Crippen LogP contribution in [-0.2, 0) is 12.7 Å². The van der Waals surface area contributed by atoms with E-state index in [-0.39, 0.29) is 63.8 Å². The van der Waals surface area contributed by atoms with E-state index in [9.17, 15) is 28.2 Å². The summed E-state index contributed by atoms with van der Waals surface area (Å²) >= 11 is 6.41. The van der Waals surface area contributed by atoms with Crippen LogP contribution in [0.5, 0.6) is 0 Å². The second kappa shape index (κ2) is 14.1. The number of ketones is 1. The lowest BCUT2D eigenvalue weighted by atomic mass is 9.32. The standard InChI is InChI=1S/C49H52ClF3N2O5/c1-29(2)54-43(58)55(27-31-10-7-9-30-8-5-6-11-34(30)31)28-47(59)21-18-41-45(47,4)20-17-40-44(3)19-16-33(56)25-46(44)22-23-48(40,41)36(26-46)42(57)39-15-14-38(60-39)35-24-32(49(51,52)53)12-13-37(35)50/h5-15,22-24,26,29,33,40-41,56,59H,16-21,25,27-28H2,1-4H3,(H,54,58)/t33?,40-,41-,44-,45+,46+,47-,48-/m1/s1. The van der Waals surface area contributed by atoms with Gasteiger partial charge in [-0.1, -0.05) is 86.1 Å². The number of hydrogen-bond donors (Lipinski definition) is 3. The number of furan rings is 1. The van der Waals surface area contributed by atoms with Crippen molar-refractivity contribution in [2.45, 2.75) is 103 Å². The number of Topliss-reactive ketones (excluding diaryl/α,β-unsaturated/α-hetero) is 1. The van der Waals surface area contributed by atoms with Crippen LogP contribution in [-0.4, -0.2) is 51.2 Å². The number of amides is 2. The molecule has 6 aliphatic rings. The normalized spacial score (nSPS) is 33.0. The number of aliphatic hydroxyl groups excluding tert-OH is 1. The Bertz CT molecular complexity index is 2450. The van der Waals surface area contributed by atoms with E-state index in [1.54, 1.807) is 4.90 Å². The van der Waals surface area contributed by atoms with E-state index >= 15 is 4.79 Å². The van der Waals surface area contributed by atoms with E-state index < -0.39 is 39.7 Å². The van der Waals surface area contributed by atoms with E-state index in [2.05, 4.69) is 43.5 Å². The van der Waals surface area contributed by atoms with Gasteiger partial charge in [0.2, 0.25) is 5.78 Å². The molecule has 3 saturated carbocycles. The number of alkyl halides is 3. The molecule has 8 atom stereocenters. The van der Waals surface area contributed by atoms with Crippen LogP contribution >= 0.6 is 11.6 Å². The molecule has 6 aliphatic carbocycles. The van der Waals surface area contributed by atoms with Crippen molar-refractivity contribution < 1.29 is 37.4 Å². The van der Waals surface area contributed by atoms with Gasteiger partial charge in [-0.25, -0.2) is 4.79 Å². The Hall–Kier alpha value is -4.38. The Kier molecular flexibility index (Phi) is 9.62. The molecule has 0 saturated heterocycles. The van der Waals surface area contributed by atoms with E-state index in [1.807, 2.05) is 50.2 Å². The summed E-state index contributed by atoms with van der Waals surface area (Å²) in [6.45, 7) is 8.64. The molecule has 2 amide bonds. The first-order chi connectivity index (χ1) is 28.3. The highest BCUT2D eigenvalue weighted by Crippen LogP contribution is 2.78. The first-order valence-electron chi connectivity index (χ1n) is 21.2. The second-order valence-electron chi connectivity index (χ2n) is 19.1. The number of aliphatic hydroxyl groups is 2. The van der Waals surface area contributed by atoms with E-state index in [1.165, 1.54) is 18.2 Å². The Balaban J connectivity index is 1.11. The number of nitrogens with one attached hydrogen (secondary N) is 1. The predicted molar refractivity (Wildman–Crippen MR) is 225 cm³/mol. The first kappa shape index (κ1) is 41.0. The van der Waals surface area contributed by atoms with E-state index in [0.717, 1.165) is 34.9 Å². The number of hydrogen-bond acceptors (Lipinski definition) is 5. The molecular formula is C49H52ClF3N2O5. The maximum absolute atomic E-state index is 15.2. The summed E-state index contributed by atoms with van der Waals surface area (Å²) in [6, 6.07) is 19.8. The van der Waals surface area contributed by atoms with Gasteiger partial charge in [-0.2, -0.15) is 13.2 Å². The van der Waals surface area contributed by atoms with Gasteiger partial charge < -0.3 is 24.8 Å². The van der Waals surface area contributed by atoms with Crippen LogP contribution in [0.2, 0.25) is 5.02 Å². The lowest BCUT2D eigenvalue weighted by molar-refractivity contribution is -0.174. The minimum absolute atomic E-state index is 0.00440. The fourth-order valence-electron chi connectivity index (χ4n) is 12.7. The highest BCUT2D eigenvalue weighted by atomic mass is 35.5. The third kappa shape index (κ3) is 6.05. The molecule has 11 heteroatoms. The number of carbonyl (C=O) groups excluding carboxylic acids is 2. The summed E-state index contributed by atoms with van der Waals surface area (Å²) < 4.78 is 47.4. The molecule has 3 N–H and O–H groups in total. The van der Waals surface area contributed by atoms with Crippen molar-refractivity contribution in [2.75, 3.05) is 6.54 Å². The number of allylic oxidation sites excluding steroid dienone is 4. The summed E-state index contributed by atoms with van der Waals surface area (Å²) in [7, 11) is 0. The molecule has 4 aromatic rings. The fourth-order valence-corrected chi connectivity index (χ4v) is 12.9. The fraction of sp³-hybridized carbons (Fsp3) is 0.469. The van der Waals surface area contributed by atoms with Crippen LogP contribution in [0.4, 0.5) is 18.0 Å². The first-order valence-corrected chi connectivity index (χ1v) is 21.6. The Morgan fingerprint density at radius 3 is 2.42 bits per heavy atom. The Morgan fingerprint density at radius 2 is 1.65 bits per heavy atom. The van der Waals surface area contributed by atoms with Crippen LogP contribution < -0.4 is 5.32 Å². The number of rotatable bonds is 8. The molecule has 0 aliphatic heterocycles. The number of urea groups is 1. The number of nitrogens with zero attached hydrogens (tertiary/aromatic N) is 1. The van der Waals surface area contributed by atoms with Gasteiger partial charge in [0.05, 0.1) is 28.8 Å². The summed E-state index contributed by atoms with van der Waals surface area (Å²) in [5.41, 5.74) is -3.09. The lowest BCUT2D eigenvalue weighted by Crippen LogP contribution is -2.67. The maximum Gasteiger partial charge on any atom is 0.416 e. The Morgan fingerprint density at radius 1 is 0.933 bits per heavy atom. The molecule has 0 radical (unpaired) electrons. The van der Waals surface area contributed by atoms with Crippen molar-refractivity contribution in [2.24, 2.45) is 33.5 Å². The van der Waals surface area contributed by atoms with Gasteiger partial charge in [-0.15, -0.1) is 0 Å². The van der Waals surface area contributed by atoms with Crippen LogP contribution in [0.1, 0.15) is 94.3 Å². The molecule has 7 nitrogen and oxygen atoms in total. The smallest absolute Gasteiger partial charge is 0.416 e. The molecule has 60 heavy (non-hydrogen) atoms. The van der Waals surface area contributed by atoms with Crippen LogP contribution in [0.25, 0.3) is 22.1 Å². The number of carbonyl (C=O) groups is 2. The Labute approximate surface area is 353 Å². The molecule has 10 rings (SSSR count). The van der Waals surface area contributed by atoms with Gasteiger partial charge in [0, 0.05) is 40.0 Å². The lowest BCUT2D eigenvalue weighted by Gasteiger charge is -2.71. The number of fused-ring (bicyclic) bond motifs is 2. The molecule has 316 valence electrons. The minimum atomic E-state index is -4.60. The molecule has 2 spiro atoms. The third-order valence-electron chi connectivity index (χ3n) is 15.7. The maximum atomic E-state index is 15.2. The second-order valence-corrected chi connectivity index (χ2v) is 19.5. The van der Waals surface area contributed by atoms with Crippen molar-refractivity contribution in [3.8, 4) is 11.3 Å². The van der Waals surface area contributed by atoms with Gasteiger partial charge >= 0.3 is 12.2 Å². The van der Waals surface area contributed by atoms with Gasteiger partial charge in [0.25, 0.3) is 0 Å². The predicted octanol–water partition coefficient (Wildman–Crippen LogP) is 11.2. The van der Waals surface area contributed by atoms with Crippen molar-refractivity contribution in [3.63, 3.8) is 0 Å². The summed E-state index contributed by atoms with van der Waals surface area (Å²) in [6.07, 6.45) is 5.62. The van der Waals surface area contributed by atoms with E-state index in [4.69, 9.17) is 16.0 Å².